The highest BCUT2D eigenvalue weighted by Crippen LogP contribution is 2.29. The molecule has 0 unspecified atom stereocenters. The molecule has 216 valence electrons. The third-order valence-corrected chi connectivity index (χ3v) is 7.39. The second-order valence-corrected chi connectivity index (χ2v) is 10.6. The summed E-state index contributed by atoms with van der Waals surface area (Å²) in [5.74, 6) is -0.619. The number of hydrogen-bond acceptors (Lipinski definition) is 5. The Kier molecular flexibility index (Phi) is 10.3. The summed E-state index contributed by atoms with van der Waals surface area (Å²) in [6.45, 7) is 5.25. The van der Waals surface area contributed by atoms with Gasteiger partial charge in [0.25, 0.3) is 11.8 Å². The van der Waals surface area contributed by atoms with E-state index in [1.165, 1.54) is 0 Å². The molecule has 1 heterocycles. The Bertz CT molecular complexity index is 1420. The Morgan fingerprint density at radius 2 is 1.68 bits per heavy atom. The minimum Gasteiger partial charge on any atom is -0.399 e. The van der Waals surface area contributed by atoms with E-state index in [0.717, 1.165) is 17.7 Å². The molecule has 11 heteroatoms. The fourth-order valence-corrected chi connectivity index (χ4v) is 5.19. The SMILES string of the molecule is CCNC(=O)N1CCCN(c2ccc(C(=O)NCCc3ccc(Cl)cc3Cl)cc2NC(=O)c2cccc(N)c2)CC1. The first-order valence-electron chi connectivity index (χ1n) is 13.6. The maximum atomic E-state index is 13.2. The smallest absolute Gasteiger partial charge is 0.317 e. The van der Waals surface area contributed by atoms with Crippen LogP contribution in [0.25, 0.3) is 0 Å². The van der Waals surface area contributed by atoms with Gasteiger partial charge in [0.05, 0.1) is 11.4 Å². The van der Waals surface area contributed by atoms with Crippen molar-refractivity contribution in [1.29, 1.82) is 0 Å². The first-order valence-corrected chi connectivity index (χ1v) is 14.3. The van der Waals surface area contributed by atoms with Gasteiger partial charge in [-0.1, -0.05) is 35.3 Å². The van der Waals surface area contributed by atoms with E-state index < -0.39 is 0 Å². The van der Waals surface area contributed by atoms with Crippen LogP contribution >= 0.6 is 23.2 Å². The lowest BCUT2D eigenvalue weighted by molar-refractivity contribution is 0.0952. The van der Waals surface area contributed by atoms with E-state index in [9.17, 15) is 14.4 Å². The Balaban J connectivity index is 1.53. The van der Waals surface area contributed by atoms with Gasteiger partial charge in [0.1, 0.15) is 0 Å². The number of nitrogens with zero attached hydrogens (tertiary/aromatic N) is 2. The standard InChI is InChI=1S/C30H34Cl2N6O3/c1-2-34-30(41)38-14-4-13-37(15-16-38)27-10-8-22(18-26(27)36-29(40)21-5-3-6-24(33)17-21)28(39)35-12-11-20-7-9-23(31)19-25(20)32/h3,5-10,17-19H,2,4,11-16,33H2,1H3,(H,34,41)(H,35,39)(H,36,40). The average molecular weight is 598 g/mol. The van der Waals surface area contributed by atoms with E-state index in [1.54, 1.807) is 53.4 Å². The number of carbonyl (C=O) groups excluding carboxylic acids is 3. The van der Waals surface area contributed by atoms with Crippen LogP contribution in [0, 0.1) is 0 Å². The molecule has 0 radical (unpaired) electrons. The van der Waals surface area contributed by atoms with Crippen LogP contribution in [0.1, 0.15) is 39.6 Å². The molecule has 1 saturated heterocycles. The van der Waals surface area contributed by atoms with Crippen LogP contribution in [0.5, 0.6) is 0 Å². The Labute approximate surface area is 250 Å². The summed E-state index contributed by atoms with van der Waals surface area (Å²) < 4.78 is 0. The molecular formula is C30H34Cl2N6O3. The van der Waals surface area contributed by atoms with Crippen molar-refractivity contribution in [2.45, 2.75) is 19.8 Å². The molecule has 0 bridgehead atoms. The number of amides is 4. The van der Waals surface area contributed by atoms with E-state index in [-0.39, 0.29) is 17.8 Å². The van der Waals surface area contributed by atoms with Gasteiger partial charge in [0, 0.05) is 66.1 Å². The molecule has 3 aromatic carbocycles. The minimum atomic E-state index is -0.340. The molecule has 0 spiro atoms. The molecule has 0 aromatic heterocycles. The summed E-state index contributed by atoms with van der Waals surface area (Å²) in [5, 5.41) is 9.85. The summed E-state index contributed by atoms with van der Waals surface area (Å²) in [7, 11) is 0. The van der Waals surface area contributed by atoms with E-state index in [2.05, 4.69) is 20.9 Å². The molecule has 0 aliphatic carbocycles. The summed E-state index contributed by atoms with van der Waals surface area (Å²) in [6, 6.07) is 17.1. The maximum absolute atomic E-state index is 13.2. The number of nitrogens with one attached hydrogen (secondary N) is 3. The van der Waals surface area contributed by atoms with Gasteiger partial charge < -0.3 is 31.5 Å². The third kappa shape index (κ3) is 8.05. The predicted octanol–water partition coefficient (Wildman–Crippen LogP) is 5.04. The number of halogens is 2. The highest BCUT2D eigenvalue weighted by Gasteiger charge is 2.22. The van der Waals surface area contributed by atoms with Crippen molar-refractivity contribution < 1.29 is 14.4 Å². The normalized spacial score (nSPS) is 13.3. The lowest BCUT2D eigenvalue weighted by Gasteiger charge is -2.26. The van der Waals surface area contributed by atoms with E-state index in [1.807, 2.05) is 19.1 Å². The highest BCUT2D eigenvalue weighted by atomic mass is 35.5. The van der Waals surface area contributed by atoms with Crippen LogP contribution in [0.15, 0.2) is 60.7 Å². The lowest BCUT2D eigenvalue weighted by Crippen LogP contribution is -2.42. The number of benzene rings is 3. The number of rotatable bonds is 8. The number of urea groups is 1. The third-order valence-electron chi connectivity index (χ3n) is 6.80. The number of nitrogen functional groups attached to an aromatic ring is 1. The number of anilines is 3. The van der Waals surface area contributed by atoms with Gasteiger partial charge in [-0.15, -0.1) is 0 Å². The zero-order valence-corrected chi connectivity index (χ0v) is 24.4. The molecular weight excluding hydrogens is 563 g/mol. The molecule has 1 aliphatic heterocycles. The van der Waals surface area contributed by atoms with Gasteiger partial charge in [-0.2, -0.15) is 0 Å². The topological polar surface area (TPSA) is 120 Å². The van der Waals surface area contributed by atoms with E-state index in [4.69, 9.17) is 28.9 Å². The molecule has 9 nitrogen and oxygen atoms in total. The van der Waals surface area contributed by atoms with Crippen molar-refractivity contribution in [3.8, 4) is 0 Å². The van der Waals surface area contributed by atoms with Crippen LogP contribution in [-0.4, -0.2) is 62.0 Å². The molecule has 3 aromatic rings. The van der Waals surface area contributed by atoms with E-state index in [0.29, 0.717) is 78.2 Å². The number of carbonyl (C=O) groups is 3. The largest absolute Gasteiger partial charge is 0.399 e. The summed E-state index contributed by atoms with van der Waals surface area (Å²) in [5.41, 5.74) is 9.32. The highest BCUT2D eigenvalue weighted by molar-refractivity contribution is 6.35. The van der Waals surface area contributed by atoms with E-state index >= 15 is 0 Å². The molecule has 0 atom stereocenters. The maximum Gasteiger partial charge on any atom is 0.317 e. The second-order valence-electron chi connectivity index (χ2n) is 9.72. The van der Waals surface area contributed by atoms with Crippen LogP contribution in [0.2, 0.25) is 10.0 Å². The Morgan fingerprint density at radius 3 is 2.44 bits per heavy atom. The van der Waals surface area contributed by atoms with Gasteiger partial charge in [0.2, 0.25) is 0 Å². The van der Waals surface area contributed by atoms with Crippen molar-refractivity contribution in [3.63, 3.8) is 0 Å². The quantitative estimate of drug-likeness (QED) is 0.271. The monoisotopic (exact) mass is 596 g/mol. The Hall–Kier alpha value is -3.95. The van der Waals surface area contributed by atoms with Gasteiger partial charge in [0.15, 0.2) is 0 Å². The molecule has 5 N–H and O–H groups in total. The van der Waals surface area contributed by atoms with Crippen LogP contribution in [-0.2, 0) is 6.42 Å². The minimum absolute atomic E-state index is 0.0866. The lowest BCUT2D eigenvalue weighted by atomic mass is 10.1. The Morgan fingerprint density at radius 1 is 0.878 bits per heavy atom. The van der Waals surface area contributed by atoms with Gasteiger partial charge in [-0.05, 0) is 73.9 Å². The predicted molar refractivity (Wildman–Crippen MR) is 165 cm³/mol. The van der Waals surface area contributed by atoms with Crippen molar-refractivity contribution >= 4 is 58.1 Å². The second kappa shape index (κ2) is 14.1. The first-order chi connectivity index (χ1) is 19.7. The van der Waals surface area contributed by atoms with Gasteiger partial charge in [-0.3, -0.25) is 9.59 Å². The molecule has 1 fully saturated rings. The van der Waals surface area contributed by atoms with Crippen molar-refractivity contribution in [3.05, 3.63) is 87.4 Å². The molecule has 1 aliphatic rings. The molecule has 41 heavy (non-hydrogen) atoms. The zero-order valence-electron chi connectivity index (χ0n) is 22.9. The summed E-state index contributed by atoms with van der Waals surface area (Å²) in [6.07, 6.45) is 1.30. The van der Waals surface area contributed by atoms with Crippen molar-refractivity contribution in [2.24, 2.45) is 0 Å². The number of nitrogens with two attached hydrogens (primary N) is 1. The fraction of sp³-hybridized carbons (Fsp3) is 0.300. The van der Waals surface area contributed by atoms with Crippen LogP contribution in [0.3, 0.4) is 0 Å². The summed E-state index contributed by atoms with van der Waals surface area (Å²) in [4.78, 5) is 42.6. The van der Waals surface area contributed by atoms with Crippen LogP contribution < -0.4 is 26.6 Å². The zero-order chi connectivity index (χ0) is 29.4. The van der Waals surface area contributed by atoms with Crippen molar-refractivity contribution in [1.82, 2.24) is 15.5 Å². The number of hydrogen-bond donors (Lipinski definition) is 4. The molecule has 4 rings (SSSR count). The molecule has 0 saturated carbocycles. The summed E-state index contributed by atoms with van der Waals surface area (Å²) >= 11 is 12.2. The van der Waals surface area contributed by atoms with Crippen molar-refractivity contribution in [2.75, 3.05) is 55.2 Å². The fourth-order valence-electron chi connectivity index (χ4n) is 4.69. The van der Waals surface area contributed by atoms with Gasteiger partial charge >= 0.3 is 6.03 Å². The van der Waals surface area contributed by atoms with Crippen LogP contribution in [0.4, 0.5) is 21.9 Å². The van der Waals surface area contributed by atoms with Gasteiger partial charge in [-0.25, -0.2) is 4.79 Å². The first kappa shape index (κ1) is 30.0. The molecule has 4 amide bonds. The average Bonchev–Trinajstić information content (AvgIpc) is 3.21.